The number of ether oxygens (including phenoxy) is 1. The quantitative estimate of drug-likeness (QED) is 0.218. The lowest BCUT2D eigenvalue weighted by atomic mass is 10.1. The average molecular weight is 468 g/mol. The molecular weight excluding hydrogens is 434 g/mol. The summed E-state index contributed by atoms with van der Waals surface area (Å²) < 4.78 is 12.6. The molecule has 3 rings (SSSR count). The summed E-state index contributed by atoms with van der Waals surface area (Å²) in [7, 11) is -1.98. The van der Waals surface area contributed by atoms with Gasteiger partial charge in [0, 0.05) is 11.9 Å². The van der Waals surface area contributed by atoms with Gasteiger partial charge in [0.05, 0.1) is 29.8 Å². The summed E-state index contributed by atoms with van der Waals surface area (Å²) in [6.07, 6.45) is 1.02. The first-order valence-corrected chi connectivity index (χ1v) is 14.0. The number of benzene rings is 2. The molecule has 1 heterocycles. The number of rotatable bonds is 10. The topological polar surface area (TPSA) is 86.5 Å². The molecule has 1 atom stereocenters. The maximum absolute atomic E-state index is 11.7. The van der Waals surface area contributed by atoms with Gasteiger partial charge in [-0.05, 0) is 29.8 Å². The van der Waals surface area contributed by atoms with Crippen molar-refractivity contribution in [1.29, 1.82) is 0 Å². The maximum Gasteiger partial charge on any atom is 0.311 e. The van der Waals surface area contributed by atoms with Crippen LogP contribution in [0.5, 0.6) is 0 Å². The van der Waals surface area contributed by atoms with Crippen LogP contribution in [0.2, 0.25) is 18.1 Å². The third-order valence-corrected chi connectivity index (χ3v) is 10.7. The molecule has 1 N–H and O–H groups in total. The summed E-state index contributed by atoms with van der Waals surface area (Å²) in [6, 6.07) is 17.3. The summed E-state index contributed by atoms with van der Waals surface area (Å²) in [4.78, 5) is 15.5. The minimum Gasteiger partial charge on any atom is -0.414 e. The lowest BCUT2D eigenvalue weighted by molar-refractivity contribution is -0.384. The molecule has 33 heavy (non-hydrogen) atoms. The van der Waals surface area contributed by atoms with E-state index < -0.39 is 13.2 Å². The number of fused-ring (bicyclic) bond motifs is 1. The van der Waals surface area contributed by atoms with Crippen LogP contribution in [0, 0.1) is 10.1 Å². The Morgan fingerprint density at radius 1 is 1.09 bits per heavy atom. The minimum absolute atomic E-state index is 0.0548. The summed E-state index contributed by atoms with van der Waals surface area (Å²) >= 11 is 0. The first-order chi connectivity index (χ1) is 15.6. The first-order valence-electron chi connectivity index (χ1n) is 11.1. The zero-order valence-corrected chi connectivity index (χ0v) is 21.0. The number of aromatic nitrogens is 1. The Morgan fingerprint density at radius 2 is 1.76 bits per heavy atom. The molecule has 0 fully saturated rings. The van der Waals surface area contributed by atoms with Crippen LogP contribution in [0.15, 0.2) is 60.8 Å². The molecule has 8 heteroatoms. The number of nitrogens with one attached hydrogen (secondary N) is 1. The van der Waals surface area contributed by atoms with Gasteiger partial charge < -0.3 is 14.5 Å². The highest BCUT2D eigenvalue weighted by molar-refractivity contribution is 6.74. The smallest absolute Gasteiger partial charge is 0.311 e. The van der Waals surface area contributed by atoms with Crippen LogP contribution < -0.4 is 5.32 Å². The molecule has 7 nitrogen and oxygen atoms in total. The lowest BCUT2D eigenvalue weighted by Crippen LogP contribution is -2.44. The highest BCUT2D eigenvalue weighted by Crippen LogP contribution is 2.37. The SMILES string of the molecule is CC(C)(C)[Si](C)(C)OCC(CNc1c([N+](=O)[O-])cnc2ccccc12)OCc1ccccc1. The number of anilines is 1. The highest BCUT2D eigenvalue weighted by atomic mass is 28.4. The second-order valence-electron chi connectivity index (χ2n) is 9.66. The third kappa shape index (κ3) is 6.37. The molecule has 176 valence electrons. The predicted molar refractivity (Wildman–Crippen MR) is 135 cm³/mol. The largest absolute Gasteiger partial charge is 0.414 e. The molecular formula is C25H33N3O4Si. The van der Waals surface area contributed by atoms with Crippen LogP contribution in [-0.4, -0.2) is 37.5 Å². The number of pyridine rings is 1. The number of hydrogen-bond acceptors (Lipinski definition) is 6. The van der Waals surface area contributed by atoms with Crippen molar-refractivity contribution in [2.75, 3.05) is 18.5 Å². The van der Waals surface area contributed by atoms with E-state index >= 15 is 0 Å². The molecule has 0 amide bonds. The van der Waals surface area contributed by atoms with Crippen LogP contribution in [0.1, 0.15) is 26.3 Å². The Labute approximate surface area is 196 Å². The fourth-order valence-electron chi connectivity index (χ4n) is 3.14. The Kier molecular flexibility index (Phi) is 7.83. The van der Waals surface area contributed by atoms with Gasteiger partial charge in [-0.15, -0.1) is 0 Å². The molecule has 0 spiro atoms. The summed E-state index contributed by atoms with van der Waals surface area (Å²) in [6.45, 7) is 12.2. The first kappa shape index (κ1) is 24.8. The van der Waals surface area contributed by atoms with E-state index in [9.17, 15) is 10.1 Å². The fourth-order valence-corrected chi connectivity index (χ4v) is 4.18. The molecule has 1 unspecified atom stereocenters. The summed E-state index contributed by atoms with van der Waals surface area (Å²) in [5.74, 6) is 0. The maximum atomic E-state index is 11.7. The Hall–Kier alpha value is -2.81. The zero-order chi connectivity index (χ0) is 24.1. The van der Waals surface area contributed by atoms with Gasteiger partial charge in [-0.3, -0.25) is 10.1 Å². The van der Waals surface area contributed by atoms with Crippen molar-refractivity contribution >= 4 is 30.6 Å². The fraction of sp³-hybridized carbons (Fsp3) is 0.400. The molecule has 2 aromatic carbocycles. The second kappa shape index (κ2) is 10.4. The van der Waals surface area contributed by atoms with E-state index in [1.54, 1.807) is 0 Å². The molecule has 0 aliphatic carbocycles. The summed E-state index contributed by atoms with van der Waals surface area (Å²) in [5.41, 5.74) is 2.16. The van der Waals surface area contributed by atoms with E-state index in [1.165, 1.54) is 6.20 Å². The van der Waals surface area contributed by atoms with Crippen LogP contribution in [0.25, 0.3) is 10.9 Å². The Morgan fingerprint density at radius 3 is 2.42 bits per heavy atom. The van der Waals surface area contributed by atoms with E-state index in [1.807, 2.05) is 54.6 Å². The monoisotopic (exact) mass is 467 g/mol. The number of hydrogen-bond donors (Lipinski definition) is 1. The van der Waals surface area contributed by atoms with E-state index in [0.29, 0.717) is 36.3 Å². The lowest BCUT2D eigenvalue weighted by Gasteiger charge is -2.37. The van der Waals surface area contributed by atoms with Crippen molar-refractivity contribution in [3.63, 3.8) is 0 Å². The third-order valence-electron chi connectivity index (χ3n) is 6.22. The number of para-hydroxylation sites is 1. The van der Waals surface area contributed by atoms with Crippen LogP contribution in [0.4, 0.5) is 11.4 Å². The van der Waals surface area contributed by atoms with Crippen LogP contribution in [-0.2, 0) is 15.8 Å². The van der Waals surface area contributed by atoms with E-state index in [4.69, 9.17) is 9.16 Å². The van der Waals surface area contributed by atoms with Crippen molar-refractivity contribution in [2.45, 2.75) is 51.6 Å². The molecule has 0 saturated heterocycles. The van der Waals surface area contributed by atoms with Gasteiger partial charge in [-0.25, -0.2) is 4.98 Å². The van der Waals surface area contributed by atoms with Gasteiger partial charge in [-0.2, -0.15) is 0 Å². The highest BCUT2D eigenvalue weighted by Gasteiger charge is 2.37. The van der Waals surface area contributed by atoms with Gasteiger partial charge >= 0.3 is 5.69 Å². The van der Waals surface area contributed by atoms with Crippen molar-refractivity contribution < 1.29 is 14.1 Å². The molecule has 0 saturated carbocycles. The second-order valence-corrected chi connectivity index (χ2v) is 14.5. The summed E-state index contributed by atoms with van der Waals surface area (Å²) in [5, 5.41) is 15.7. The van der Waals surface area contributed by atoms with Crippen molar-refractivity contribution in [1.82, 2.24) is 4.98 Å². The average Bonchev–Trinajstić information content (AvgIpc) is 2.78. The van der Waals surface area contributed by atoms with Gasteiger partial charge in [0.15, 0.2) is 8.32 Å². The van der Waals surface area contributed by atoms with E-state index in [-0.39, 0.29) is 16.8 Å². The molecule has 0 aliphatic rings. The van der Waals surface area contributed by atoms with Crippen molar-refractivity contribution in [3.8, 4) is 0 Å². The number of nitrogens with zero attached hydrogens (tertiary/aromatic N) is 2. The number of nitro groups is 1. The molecule has 3 aromatic rings. The van der Waals surface area contributed by atoms with Gasteiger partial charge in [0.25, 0.3) is 0 Å². The standard InChI is InChI=1S/C25H33N3O4Si/c1-25(2,3)33(4,5)32-18-20(31-17-19-11-7-6-8-12-19)15-27-24-21-13-9-10-14-22(21)26-16-23(24)28(29)30/h6-14,16,20H,15,17-18H2,1-5H3,(H,26,27). The normalized spacial score (nSPS) is 13.1. The van der Waals surface area contributed by atoms with Gasteiger partial charge in [0.1, 0.15) is 11.9 Å². The molecule has 0 bridgehead atoms. The van der Waals surface area contributed by atoms with Crippen LogP contribution >= 0.6 is 0 Å². The van der Waals surface area contributed by atoms with E-state index in [0.717, 1.165) is 5.56 Å². The zero-order valence-electron chi connectivity index (χ0n) is 20.0. The van der Waals surface area contributed by atoms with E-state index in [2.05, 4.69) is 44.2 Å². The van der Waals surface area contributed by atoms with Gasteiger partial charge in [0.2, 0.25) is 0 Å². The van der Waals surface area contributed by atoms with Gasteiger partial charge in [-0.1, -0.05) is 69.3 Å². The molecule has 0 aliphatic heterocycles. The Balaban J connectivity index is 1.81. The van der Waals surface area contributed by atoms with Crippen LogP contribution in [0.3, 0.4) is 0 Å². The molecule has 0 radical (unpaired) electrons. The van der Waals surface area contributed by atoms with Crippen molar-refractivity contribution in [2.24, 2.45) is 0 Å². The predicted octanol–water partition coefficient (Wildman–Crippen LogP) is 6.16. The van der Waals surface area contributed by atoms with Crippen molar-refractivity contribution in [3.05, 3.63) is 76.5 Å². The Bertz CT molecular complexity index is 1080. The molecule has 1 aromatic heterocycles. The minimum atomic E-state index is -1.98.